The monoisotopic (exact) mass is 374 g/mol. The minimum Gasteiger partial charge on any atom is -0.348 e. The topological polar surface area (TPSA) is 89.9 Å². The molecule has 0 aliphatic carbocycles. The molecule has 1 aliphatic heterocycles. The molecule has 0 bridgehead atoms. The number of hydrogen-bond acceptors (Lipinski definition) is 6. The first-order valence-electron chi connectivity index (χ1n) is 9.24. The van der Waals surface area contributed by atoms with E-state index in [1.165, 1.54) is 5.56 Å². The van der Waals surface area contributed by atoms with Crippen molar-refractivity contribution in [1.29, 1.82) is 0 Å². The number of amides is 1. The van der Waals surface area contributed by atoms with Crippen LogP contribution in [0, 0.1) is 0 Å². The lowest BCUT2D eigenvalue weighted by Gasteiger charge is -2.18. The smallest absolute Gasteiger partial charge is 0.293 e. The van der Waals surface area contributed by atoms with Crippen molar-refractivity contribution in [1.82, 2.24) is 29.8 Å². The van der Waals surface area contributed by atoms with Crippen LogP contribution in [0.3, 0.4) is 0 Å². The van der Waals surface area contributed by atoms with Crippen molar-refractivity contribution in [3.63, 3.8) is 0 Å². The van der Waals surface area contributed by atoms with Crippen molar-refractivity contribution in [2.75, 3.05) is 13.1 Å². The average Bonchev–Trinajstić information content (AvgIpc) is 3.27. The van der Waals surface area contributed by atoms with Crippen LogP contribution in [0.5, 0.6) is 0 Å². The molecule has 0 saturated carbocycles. The molecule has 8 nitrogen and oxygen atoms in total. The Morgan fingerprint density at radius 3 is 2.86 bits per heavy atom. The number of nitrogens with zero attached hydrogens (tertiary/aromatic N) is 6. The summed E-state index contributed by atoms with van der Waals surface area (Å²) >= 11 is 0. The second-order valence-electron chi connectivity index (χ2n) is 6.76. The summed E-state index contributed by atoms with van der Waals surface area (Å²) in [6, 6.07) is 13.7. The van der Waals surface area contributed by atoms with E-state index in [0.29, 0.717) is 43.5 Å². The van der Waals surface area contributed by atoms with E-state index in [2.05, 4.69) is 32.4 Å². The Kier molecular flexibility index (Phi) is 4.08. The molecular weight excluding hydrogens is 356 g/mol. The number of hydrogen-bond donors (Lipinski definition) is 0. The molecule has 4 aromatic rings. The maximum absolute atomic E-state index is 12.9. The highest BCUT2D eigenvalue weighted by molar-refractivity contribution is 6.02. The number of pyridine rings is 1. The lowest BCUT2D eigenvalue weighted by molar-refractivity contribution is 0.0719. The van der Waals surface area contributed by atoms with Gasteiger partial charge in [0.25, 0.3) is 5.91 Å². The van der Waals surface area contributed by atoms with Crippen LogP contribution in [0.1, 0.15) is 27.8 Å². The molecule has 4 heterocycles. The van der Waals surface area contributed by atoms with Gasteiger partial charge in [0.2, 0.25) is 11.4 Å². The average molecular weight is 374 g/mol. The molecule has 0 radical (unpaired) electrons. The van der Waals surface area contributed by atoms with Gasteiger partial charge in [-0.2, -0.15) is 5.10 Å². The molecular formula is C20H18N6O2. The Bertz CT molecular complexity index is 1110. The van der Waals surface area contributed by atoms with Gasteiger partial charge in [0.1, 0.15) is 5.82 Å². The van der Waals surface area contributed by atoms with Crippen LogP contribution in [-0.2, 0) is 19.4 Å². The highest BCUT2D eigenvalue weighted by Crippen LogP contribution is 2.19. The zero-order valence-electron chi connectivity index (χ0n) is 15.2. The Balaban J connectivity index is 1.31. The zero-order valence-corrected chi connectivity index (χ0v) is 15.2. The second kappa shape index (κ2) is 6.88. The molecule has 3 aromatic heterocycles. The predicted octanol–water partition coefficient (Wildman–Crippen LogP) is 2.10. The molecule has 1 aromatic carbocycles. The lowest BCUT2D eigenvalue weighted by atomic mass is 10.1. The SMILES string of the molecule is O=C(c1onc2ncccc12)N1CCc2nc(Cc3ccccc3)nn2CC1. The van der Waals surface area contributed by atoms with E-state index in [4.69, 9.17) is 4.52 Å². The molecule has 0 spiro atoms. The number of carbonyl (C=O) groups is 1. The van der Waals surface area contributed by atoms with Crippen LogP contribution in [0.25, 0.3) is 11.0 Å². The summed E-state index contributed by atoms with van der Waals surface area (Å²) in [5, 5.41) is 9.15. The van der Waals surface area contributed by atoms with Gasteiger partial charge in [-0.25, -0.2) is 14.6 Å². The van der Waals surface area contributed by atoms with E-state index in [-0.39, 0.29) is 11.7 Å². The van der Waals surface area contributed by atoms with Crippen LogP contribution in [0.4, 0.5) is 0 Å². The molecule has 28 heavy (non-hydrogen) atoms. The van der Waals surface area contributed by atoms with Gasteiger partial charge in [-0.3, -0.25) is 4.79 Å². The zero-order chi connectivity index (χ0) is 18.9. The van der Waals surface area contributed by atoms with Crippen molar-refractivity contribution in [3.8, 4) is 0 Å². The lowest BCUT2D eigenvalue weighted by Crippen LogP contribution is -2.33. The molecule has 0 fully saturated rings. The molecule has 5 rings (SSSR count). The van der Waals surface area contributed by atoms with E-state index in [1.807, 2.05) is 22.9 Å². The van der Waals surface area contributed by atoms with Crippen molar-refractivity contribution in [3.05, 3.63) is 71.6 Å². The van der Waals surface area contributed by atoms with E-state index < -0.39 is 0 Å². The van der Waals surface area contributed by atoms with Gasteiger partial charge in [-0.15, -0.1) is 0 Å². The predicted molar refractivity (Wildman–Crippen MR) is 101 cm³/mol. The first-order valence-corrected chi connectivity index (χ1v) is 9.24. The molecule has 0 N–H and O–H groups in total. The summed E-state index contributed by atoms with van der Waals surface area (Å²) < 4.78 is 7.18. The first kappa shape index (κ1) is 16.6. The van der Waals surface area contributed by atoms with Crippen LogP contribution in [0.15, 0.2) is 53.2 Å². The largest absolute Gasteiger partial charge is 0.348 e. The summed E-state index contributed by atoms with van der Waals surface area (Å²) in [6.45, 7) is 1.71. The first-order chi connectivity index (χ1) is 13.8. The summed E-state index contributed by atoms with van der Waals surface area (Å²) in [4.78, 5) is 23.5. The standard InChI is InChI=1S/C20H18N6O2/c27-20(18-15-7-4-9-21-19(15)24-28-18)25-10-8-17-22-16(23-26(17)12-11-25)13-14-5-2-1-3-6-14/h1-7,9H,8,10-13H2. The minimum absolute atomic E-state index is 0.175. The molecule has 0 unspecified atom stereocenters. The van der Waals surface area contributed by atoms with Crippen molar-refractivity contribution >= 4 is 16.9 Å². The molecule has 140 valence electrons. The van der Waals surface area contributed by atoms with Gasteiger partial charge >= 0.3 is 0 Å². The second-order valence-corrected chi connectivity index (χ2v) is 6.76. The fourth-order valence-electron chi connectivity index (χ4n) is 3.49. The quantitative estimate of drug-likeness (QED) is 0.546. The summed E-state index contributed by atoms with van der Waals surface area (Å²) in [5.74, 6) is 1.78. The fraction of sp³-hybridized carbons (Fsp3) is 0.250. The minimum atomic E-state index is -0.175. The maximum Gasteiger partial charge on any atom is 0.293 e. The van der Waals surface area contributed by atoms with E-state index in [9.17, 15) is 4.79 Å². The summed E-state index contributed by atoms with van der Waals surface area (Å²) in [5.41, 5.74) is 1.63. The number of rotatable bonds is 3. The Hall–Kier alpha value is -3.55. The summed E-state index contributed by atoms with van der Waals surface area (Å²) in [6.07, 6.45) is 2.99. The Morgan fingerprint density at radius 2 is 1.96 bits per heavy atom. The van der Waals surface area contributed by atoms with Crippen LogP contribution < -0.4 is 0 Å². The van der Waals surface area contributed by atoms with Crippen molar-refractivity contribution in [2.45, 2.75) is 19.4 Å². The van der Waals surface area contributed by atoms with Gasteiger partial charge in [-0.05, 0) is 17.7 Å². The number of fused-ring (bicyclic) bond motifs is 2. The highest BCUT2D eigenvalue weighted by Gasteiger charge is 2.26. The number of aromatic nitrogens is 5. The Labute approximate surface area is 160 Å². The third-order valence-electron chi connectivity index (χ3n) is 4.92. The van der Waals surface area contributed by atoms with Crippen molar-refractivity contribution in [2.24, 2.45) is 0 Å². The maximum atomic E-state index is 12.9. The molecule has 8 heteroatoms. The Morgan fingerprint density at radius 1 is 1.07 bits per heavy atom. The van der Waals surface area contributed by atoms with Crippen LogP contribution in [0.2, 0.25) is 0 Å². The molecule has 1 amide bonds. The van der Waals surface area contributed by atoms with Gasteiger partial charge < -0.3 is 9.42 Å². The molecule has 0 atom stereocenters. The molecule has 1 aliphatic rings. The van der Waals surface area contributed by atoms with Gasteiger partial charge in [0.15, 0.2) is 5.82 Å². The fourth-order valence-corrected chi connectivity index (χ4v) is 3.49. The summed E-state index contributed by atoms with van der Waals surface area (Å²) in [7, 11) is 0. The van der Waals surface area contributed by atoms with Crippen LogP contribution >= 0.6 is 0 Å². The number of carbonyl (C=O) groups excluding carboxylic acids is 1. The van der Waals surface area contributed by atoms with E-state index in [1.54, 1.807) is 23.2 Å². The third kappa shape index (κ3) is 3.02. The van der Waals surface area contributed by atoms with Gasteiger partial charge in [-0.1, -0.05) is 35.5 Å². The van der Waals surface area contributed by atoms with E-state index in [0.717, 1.165) is 11.6 Å². The third-order valence-corrected chi connectivity index (χ3v) is 4.92. The molecule has 0 saturated heterocycles. The van der Waals surface area contributed by atoms with Gasteiger partial charge in [0, 0.05) is 32.1 Å². The normalized spacial score (nSPS) is 14.1. The van der Waals surface area contributed by atoms with Crippen molar-refractivity contribution < 1.29 is 9.32 Å². The van der Waals surface area contributed by atoms with Gasteiger partial charge in [0.05, 0.1) is 11.9 Å². The highest BCUT2D eigenvalue weighted by atomic mass is 16.5. The number of benzene rings is 1. The van der Waals surface area contributed by atoms with E-state index >= 15 is 0 Å². The van der Waals surface area contributed by atoms with Crippen LogP contribution in [-0.4, -0.2) is 48.8 Å².